The molecule has 30 heavy (non-hydrogen) atoms. The van der Waals surface area contributed by atoms with Crippen molar-refractivity contribution in [2.24, 2.45) is 0 Å². The number of carbonyl (C=O) groups is 1. The smallest absolute Gasteiger partial charge is 0.253 e. The molecule has 0 atom stereocenters. The van der Waals surface area contributed by atoms with Gasteiger partial charge in [-0.3, -0.25) is 4.79 Å². The van der Waals surface area contributed by atoms with Crippen molar-refractivity contribution in [2.45, 2.75) is 50.4 Å². The summed E-state index contributed by atoms with van der Waals surface area (Å²) in [5, 5.41) is 4.39. The van der Waals surface area contributed by atoms with Crippen LogP contribution in [0.3, 0.4) is 0 Å². The Labute approximate surface area is 177 Å². The SMILES string of the molecule is COCCC1(c2noc(C3CCOCC3)n2)CCN(C(=O)c2cccc(C)c2)CC1. The molecule has 0 unspecified atom stereocenters. The third kappa shape index (κ3) is 4.42. The van der Waals surface area contributed by atoms with Crippen LogP contribution in [0.1, 0.15) is 65.7 Å². The normalized spacial score (nSPS) is 19.7. The average molecular weight is 414 g/mol. The van der Waals surface area contributed by atoms with Crippen molar-refractivity contribution in [3.8, 4) is 0 Å². The van der Waals surface area contributed by atoms with Crippen LogP contribution in [-0.2, 0) is 14.9 Å². The molecule has 2 aliphatic heterocycles. The van der Waals surface area contributed by atoms with Gasteiger partial charge in [0.05, 0.1) is 0 Å². The molecular formula is C23H31N3O4. The highest BCUT2D eigenvalue weighted by atomic mass is 16.5. The quantitative estimate of drug-likeness (QED) is 0.722. The van der Waals surface area contributed by atoms with Crippen LogP contribution in [0.25, 0.3) is 0 Å². The van der Waals surface area contributed by atoms with E-state index in [1.165, 1.54) is 0 Å². The fraction of sp³-hybridized carbons (Fsp3) is 0.609. The fourth-order valence-corrected chi connectivity index (χ4v) is 4.54. The molecule has 4 rings (SSSR count). The fourth-order valence-electron chi connectivity index (χ4n) is 4.54. The van der Waals surface area contributed by atoms with E-state index in [4.69, 9.17) is 19.0 Å². The van der Waals surface area contributed by atoms with E-state index in [0.717, 1.165) is 68.2 Å². The number of likely N-dealkylation sites (tertiary alicyclic amines) is 1. The van der Waals surface area contributed by atoms with Crippen LogP contribution in [0.4, 0.5) is 0 Å². The lowest BCUT2D eigenvalue weighted by Crippen LogP contribution is -2.46. The number of amides is 1. The van der Waals surface area contributed by atoms with Crippen molar-refractivity contribution >= 4 is 5.91 Å². The molecule has 162 valence electrons. The Bertz CT molecular complexity index is 852. The second-order valence-corrected chi connectivity index (χ2v) is 8.53. The van der Waals surface area contributed by atoms with Crippen LogP contribution >= 0.6 is 0 Å². The summed E-state index contributed by atoms with van der Waals surface area (Å²) >= 11 is 0. The minimum Gasteiger partial charge on any atom is -0.385 e. The van der Waals surface area contributed by atoms with Crippen molar-refractivity contribution in [3.05, 3.63) is 47.1 Å². The van der Waals surface area contributed by atoms with Gasteiger partial charge in [0.25, 0.3) is 5.91 Å². The van der Waals surface area contributed by atoms with E-state index in [2.05, 4.69) is 5.16 Å². The molecule has 1 aromatic carbocycles. The maximum absolute atomic E-state index is 13.0. The summed E-state index contributed by atoms with van der Waals surface area (Å²) in [6.07, 6.45) is 4.28. The number of aromatic nitrogens is 2. The summed E-state index contributed by atoms with van der Waals surface area (Å²) in [4.78, 5) is 19.7. The van der Waals surface area contributed by atoms with Crippen molar-refractivity contribution < 1.29 is 18.8 Å². The lowest BCUT2D eigenvalue weighted by Gasteiger charge is -2.40. The van der Waals surface area contributed by atoms with E-state index in [0.29, 0.717) is 19.7 Å². The van der Waals surface area contributed by atoms with Gasteiger partial charge in [-0.15, -0.1) is 0 Å². The Morgan fingerprint density at radius 1 is 1.27 bits per heavy atom. The van der Waals surface area contributed by atoms with E-state index in [1.807, 2.05) is 36.1 Å². The zero-order valence-corrected chi connectivity index (χ0v) is 17.9. The highest BCUT2D eigenvalue weighted by molar-refractivity contribution is 5.94. The maximum Gasteiger partial charge on any atom is 0.253 e. The van der Waals surface area contributed by atoms with Gasteiger partial charge in [0.1, 0.15) is 0 Å². The van der Waals surface area contributed by atoms with Gasteiger partial charge in [0.15, 0.2) is 5.82 Å². The second kappa shape index (κ2) is 9.27. The van der Waals surface area contributed by atoms with Gasteiger partial charge >= 0.3 is 0 Å². The first-order valence-corrected chi connectivity index (χ1v) is 10.9. The molecule has 1 amide bonds. The molecule has 0 aliphatic carbocycles. The standard InChI is InChI=1S/C23H31N3O4/c1-17-4-3-5-19(16-17)21(27)26-11-8-23(9-12-26,10-15-28-2)22-24-20(30-25-22)18-6-13-29-14-7-18/h3-5,16,18H,6-15H2,1-2H3. The molecule has 0 spiro atoms. The third-order valence-corrected chi connectivity index (χ3v) is 6.54. The van der Waals surface area contributed by atoms with E-state index in [1.54, 1.807) is 7.11 Å². The van der Waals surface area contributed by atoms with Gasteiger partial charge in [-0.2, -0.15) is 4.98 Å². The van der Waals surface area contributed by atoms with Gasteiger partial charge in [-0.25, -0.2) is 0 Å². The van der Waals surface area contributed by atoms with Crippen LogP contribution in [0.5, 0.6) is 0 Å². The van der Waals surface area contributed by atoms with Gasteiger partial charge in [0.2, 0.25) is 5.89 Å². The molecule has 2 fully saturated rings. The van der Waals surface area contributed by atoms with Crippen molar-refractivity contribution in [3.63, 3.8) is 0 Å². The predicted octanol–water partition coefficient (Wildman–Crippen LogP) is 3.48. The lowest BCUT2D eigenvalue weighted by atomic mass is 9.75. The molecule has 0 N–H and O–H groups in total. The lowest BCUT2D eigenvalue weighted by molar-refractivity contribution is 0.0616. The molecule has 0 saturated carbocycles. The van der Waals surface area contributed by atoms with Gasteiger partial charge in [0, 0.05) is 56.9 Å². The summed E-state index contributed by atoms with van der Waals surface area (Å²) in [5.41, 5.74) is 1.63. The Kier molecular flexibility index (Phi) is 6.49. The molecule has 7 nitrogen and oxygen atoms in total. The van der Waals surface area contributed by atoms with Crippen molar-refractivity contribution in [1.82, 2.24) is 15.0 Å². The van der Waals surface area contributed by atoms with Gasteiger partial charge < -0.3 is 18.9 Å². The van der Waals surface area contributed by atoms with E-state index in [9.17, 15) is 4.79 Å². The first-order valence-electron chi connectivity index (χ1n) is 10.9. The van der Waals surface area contributed by atoms with Crippen molar-refractivity contribution in [1.29, 1.82) is 0 Å². The molecular weight excluding hydrogens is 382 g/mol. The number of piperidine rings is 1. The monoisotopic (exact) mass is 413 g/mol. The molecule has 3 heterocycles. The summed E-state index contributed by atoms with van der Waals surface area (Å²) in [6.45, 7) is 5.48. The average Bonchev–Trinajstić information content (AvgIpc) is 3.29. The largest absolute Gasteiger partial charge is 0.385 e. The highest BCUT2D eigenvalue weighted by Gasteiger charge is 2.41. The zero-order chi connectivity index (χ0) is 21.0. The number of nitrogens with zero attached hydrogens (tertiary/aromatic N) is 3. The summed E-state index contributed by atoms with van der Waals surface area (Å²) in [6, 6.07) is 7.79. The molecule has 1 aromatic heterocycles. The molecule has 2 aliphatic rings. The minimum atomic E-state index is -0.216. The topological polar surface area (TPSA) is 77.7 Å². The third-order valence-electron chi connectivity index (χ3n) is 6.54. The Morgan fingerprint density at radius 3 is 2.73 bits per heavy atom. The summed E-state index contributed by atoms with van der Waals surface area (Å²) in [5.74, 6) is 1.87. The van der Waals surface area contributed by atoms with Gasteiger partial charge in [-0.05, 0) is 51.2 Å². The first-order chi connectivity index (χ1) is 14.6. The summed E-state index contributed by atoms with van der Waals surface area (Å²) in [7, 11) is 1.72. The number of rotatable bonds is 6. The number of carbonyl (C=O) groups excluding carboxylic acids is 1. The molecule has 0 bridgehead atoms. The van der Waals surface area contributed by atoms with E-state index in [-0.39, 0.29) is 17.2 Å². The van der Waals surface area contributed by atoms with Crippen LogP contribution in [0.2, 0.25) is 0 Å². The number of aryl methyl sites for hydroxylation is 1. The Morgan fingerprint density at radius 2 is 2.03 bits per heavy atom. The van der Waals surface area contributed by atoms with Crippen LogP contribution < -0.4 is 0 Å². The minimum absolute atomic E-state index is 0.0926. The number of methoxy groups -OCH3 is 1. The Balaban J connectivity index is 1.48. The highest BCUT2D eigenvalue weighted by Crippen LogP contribution is 2.38. The number of hydrogen-bond donors (Lipinski definition) is 0. The van der Waals surface area contributed by atoms with Crippen LogP contribution in [0, 0.1) is 6.92 Å². The molecule has 7 heteroatoms. The molecule has 0 radical (unpaired) electrons. The molecule has 2 saturated heterocycles. The van der Waals surface area contributed by atoms with E-state index < -0.39 is 0 Å². The Hall–Kier alpha value is -2.25. The van der Waals surface area contributed by atoms with Gasteiger partial charge in [-0.1, -0.05) is 22.9 Å². The van der Waals surface area contributed by atoms with Crippen molar-refractivity contribution in [2.75, 3.05) is 40.0 Å². The second-order valence-electron chi connectivity index (χ2n) is 8.53. The van der Waals surface area contributed by atoms with Crippen LogP contribution in [-0.4, -0.2) is 61.0 Å². The molecule has 2 aromatic rings. The number of hydrogen-bond acceptors (Lipinski definition) is 6. The number of ether oxygens (including phenoxy) is 2. The predicted molar refractivity (Wildman–Crippen MR) is 112 cm³/mol. The van der Waals surface area contributed by atoms with E-state index >= 15 is 0 Å². The summed E-state index contributed by atoms with van der Waals surface area (Å²) < 4.78 is 16.5. The van der Waals surface area contributed by atoms with Crippen LogP contribution in [0.15, 0.2) is 28.8 Å². The zero-order valence-electron chi connectivity index (χ0n) is 17.9. The number of benzene rings is 1. The first kappa shape index (κ1) is 21.0. The maximum atomic E-state index is 13.0.